The molecule has 1 heterocycles. The highest BCUT2D eigenvalue weighted by molar-refractivity contribution is 6.35. The van der Waals surface area contributed by atoms with Crippen molar-refractivity contribution >= 4 is 34.9 Å². The van der Waals surface area contributed by atoms with Crippen molar-refractivity contribution in [3.63, 3.8) is 0 Å². The monoisotopic (exact) mass is 375 g/mol. The lowest BCUT2D eigenvalue weighted by Crippen LogP contribution is -2.05. The van der Waals surface area contributed by atoms with E-state index in [2.05, 4.69) is 5.32 Å². The Kier molecular flexibility index (Phi) is 5.02. The molecule has 25 heavy (non-hydrogen) atoms. The van der Waals surface area contributed by atoms with E-state index in [-0.39, 0.29) is 5.56 Å². The van der Waals surface area contributed by atoms with Crippen molar-refractivity contribution in [2.24, 2.45) is 0 Å². The molecule has 0 amide bonds. The minimum absolute atomic E-state index is 0.274. The number of nitrogens with one attached hydrogen (secondary N) is 1. The van der Waals surface area contributed by atoms with E-state index in [9.17, 15) is 9.90 Å². The molecule has 6 heteroatoms. The molecule has 0 saturated heterocycles. The number of halogens is 2. The van der Waals surface area contributed by atoms with Gasteiger partial charge in [-0.1, -0.05) is 29.3 Å². The summed E-state index contributed by atoms with van der Waals surface area (Å²) in [5, 5.41) is 13.5. The number of carbonyl (C=O) groups is 1. The molecule has 2 aromatic carbocycles. The molecule has 128 valence electrons. The number of carboxylic acids is 1. The summed E-state index contributed by atoms with van der Waals surface area (Å²) in [5.74, 6) is 0.378. The molecule has 0 aliphatic carbocycles. The first-order valence-electron chi connectivity index (χ1n) is 7.56. The topological polar surface area (TPSA) is 62.5 Å². The molecule has 0 aliphatic rings. The van der Waals surface area contributed by atoms with Gasteiger partial charge in [0.2, 0.25) is 0 Å². The van der Waals surface area contributed by atoms with Gasteiger partial charge in [0, 0.05) is 16.3 Å². The maximum absolute atomic E-state index is 11.2. The Balaban J connectivity index is 1.78. The normalized spacial score (nSPS) is 10.7. The summed E-state index contributed by atoms with van der Waals surface area (Å²) in [6.45, 7) is 2.19. The fourth-order valence-electron chi connectivity index (χ4n) is 2.55. The number of anilines is 1. The third-order valence-corrected chi connectivity index (χ3v) is 4.44. The predicted molar refractivity (Wildman–Crippen MR) is 99.6 cm³/mol. The van der Waals surface area contributed by atoms with Crippen LogP contribution in [0.2, 0.25) is 10.0 Å². The lowest BCUT2D eigenvalue weighted by Gasteiger charge is -2.10. The fourth-order valence-corrected chi connectivity index (χ4v) is 2.93. The second-order valence-electron chi connectivity index (χ2n) is 5.53. The Bertz CT molecular complexity index is 934. The minimum Gasteiger partial charge on any atom is -0.478 e. The van der Waals surface area contributed by atoms with Gasteiger partial charge in [-0.15, -0.1) is 0 Å². The predicted octanol–water partition coefficient (Wildman–Crippen LogP) is 5.87. The minimum atomic E-state index is -0.947. The second kappa shape index (κ2) is 7.21. The van der Waals surface area contributed by atoms with E-state index in [1.54, 1.807) is 37.3 Å². The molecule has 0 saturated carbocycles. The van der Waals surface area contributed by atoms with E-state index in [4.69, 9.17) is 27.6 Å². The van der Waals surface area contributed by atoms with Crippen LogP contribution >= 0.6 is 23.2 Å². The number of furan rings is 1. The largest absolute Gasteiger partial charge is 0.478 e. The van der Waals surface area contributed by atoms with Crippen LogP contribution in [0.4, 0.5) is 5.69 Å². The Morgan fingerprint density at radius 2 is 1.96 bits per heavy atom. The van der Waals surface area contributed by atoms with E-state index in [0.29, 0.717) is 33.7 Å². The van der Waals surface area contributed by atoms with Crippen LogP contribution in [0.3, 0.4) is 0 Å². The van der Waals surface area contributed by atoms with Crippen LogP contribution in [0.5, 0.6) is 0 Å². The highest BCUT2D eigenvalue weighted by Gasteiger charge is 2.12. The molecular formula is C19H15Cl2NO3. The van der Waals surface area contributed by atoms with Gasteiger partial charge in [0.15, 0.2) is 0 Å². The molecule has 0 unspecified atom stereocenters. The quantitative estimate of drug-likeness (QED) is 0.584. The average Bonchev–Trinajstić information content (AvgIpc) is 3.04. The number of rotatable bonds is 5. The maximum Gasteiger partial charge on any atom is 0.336 e. The summed E-state index contributed by atoms with van der Waals surface area (Å²) < 4.78 is 5.82. The Morgan fingerprint density at radius 3 is 2.72 bits per heavy atom. The molecule has 3 aromatic rings. The van der Waals surface area contributed by atoms with Crippen LogP contribution in [0.1, 0.15) is 21.7 Å². The highest BCUT2D eigenvalue weighted by atomic mass is 35.5. The van der Waals surface area contributed by atoms with Gasteiger partial charge in [-0.05, 0) is 55.0 Å². The molecule has 2 N–H and O–H groups in total. The zero-order valence-electron chi connectivity index (χ0n) is 13.3. The van der Waals surface area contributed by atoms with Gasteiger partial charge < -0.3 is 14.8 Å². The number of aromatic carboxylic acids is 1. The van der Waals surface area contributed by atoms with Crippen molar-refractivity contribution < 1.29 is 14.3 Å². The van der Waals surface area contributed by atoms with Crippen molar-refractivity contribution in [2.75, 3.05) is 5.32 Å². The summed E-state index contributed by atoms with van der Waals surface area (Å²) in [6, 6.07) is 14.0. The van der Waals surface area contributed by atoms with Gasteiger partial charge in [0.1, 0.15) is 11.5 Å². The number of hydrogen-bond donors (Lipinski definition) is 2. The van der Waals surface area contributed by atoms with Crippen molar-refractivity contribution in [3.8, 4) is 11.3 Å². The first-order valence-corrected chi connectivity index (χ1v) is 8.32. The van der Waals surface area contributed by atoms with E-state index < -0.39 is 5.97 Å². The summed E-state index contributed by atoms with van der Waals surface area (Å²) >= 11 is 12.2. The zero-order chi connectivity index (χ0) is 18.0. The molecule has 3 rings (SSSR count). The SMILES string of the molecule is Cc1c(NCc2ccc(-c3cc(Cl)ccc3Cl)o2)cccc1C(=O)O. The molecule has 0 radical (unpaired) electrons. The molecule has 0 atom stereocenters. The average molecular weight is 376 g/mol. The van der Waals surface area contributed by atoms with Crippen LogP contribution in [0, 0.1) is 6.92 Å². The fraction of sp³-hybridized carbons (Fsp3) is 0.105. The van der Waals surface area contributed by atoms with Gasteiger partial charge in [-0.3, -0.25) is 0 Å². The molecular weight excluding hydrogens is 361 g/mol. The van der Waals surface area contributed by atoms with Crippen LogP contribution in [-0.4, -0.2) is 11.1 Å². The lowest BCUT2D eigenvalue weighted by atomic mass is 10.1. The van der Waals surface area contributed by atoms with E-state index in [0.717, 1.165) is 11.3 Å². The number of hydrogen-bond acceptors (Lipinski definition) is 3. The van der Waals surface area contributed by atoms with Crippen molar-refractivity contribution in [1.29, 1.82) is 0 Å². The first-order chi connectivity index (χ1) is 12.0. The Hall–Kier alpha value is -2.43. The van der Waals surface area contributed by atoms with Crippen LogP contribution in [0.15, 0.2) is 52.9 Å². The summed E-state index contributed by atoms with van der Waals surface area (Å²) in [4.78, 5) is 11.2. The molecule has 0 spiro atoms. The van der Waals surface area contributed by atoms with Gasteiger partial charge in [0.05, 0.1) is 17.1 Å². The maximum atomic E-state index is 11.2. The van der Waals surface area contributed by atoms with Crippen molar-refractivity contribution in [2.45, 2.75) is 13.5 Å². The molecule has 0 fully saturated rings. The van der Waals surface area contributed by atoms with Gasteiger partial charge in [-0.25, -0.2) is 4.79 Å². The van der Waals surface area contributed by atoms with Gasteiger partial charge >= 0.3 is 5.97 Å². The molecule has 1 aromatic heterocycles. The lowest BCUT2D eigenvalue weighted by molar-refractivity contribution is 0.0696. The third-order valence-electron chi connectivity index (χ3n) is 3.87. The summed E-state index contributed by atoms with van der Waals surface area (Å²) in [7, 11) is 0. The molecule has 4 nitrogen and oxygen atoms in total. The van der Waals surface area contributed by atoms with Crippen LogP contribution in [-0.2, 0) is 6.54 Å². The molecule has 0 bridgehead atoms. The standard InChI is InChI=1S/C19H15Cl2NO3/c1-11-14(19(23)24)3-2-4-17(11)22-10-13-6-8-18(25-13)15-9-12(20)5-7-16(15)21/h2-9,22H,10H2,1H3,(H,23,24). The molecule has 0 aliphatic heterocycles. The van der Waals surface area contributed by atoms with E-state index >= 15 is 0 Å². The summed E-state index contributed by atoms with van der Waals surface area (Å²) in [6.07, 6.45) is 0. The van der Waals surface area contributed by atoms with Crippen molar-refractivity contribution in [1.82, 2.24) is 0 Å². The zero-order valence-corrected chi connectivity index (χ0v) is 14.9. The Labute approximate surface area is 155 Å². The highest BCUT2D eigenvalue weighted by Crippen LogP contribution is 2.32. The number of carboxylic acid groups (broad SMARTS) is 1. The van der Waals surface area contributed by atoms with Gasteiger partial charge in [0.25, 0.3) is 0 Å². The van der Waals surface area contributed by atoms with Crippen LogP contribution < -0.4 is 5.32 Å². The number of benzene rings is 2. The smallest absolute Gasteiger partial charge is 0.336 e. The van der Waals surface area contributed by atoms with Gasteiger partial charge in [-0.2, -0.15) is 0 Å². The second-order valence-corrected chi connectivity index (χ2v) is 6.37. The first kappa shape index (κ1) is 17.4. The van der Waals surface area contributed by atoms with E-state index in [1.165, 1.54) is 0 Å². The Morgan fingerprint density at radius 1 is 1.16 bits per heavy atom. The third kappa shape index (κ3) is 3.81. The van der Waals surface area contributed by atoms with Crippen LogP contribution in [0.25, 0.3) is 11.3 Å². The van der Waals surface area contributed by atoms with E-state index in [1.807, 2.05) is 18.2 Å². The summed E-state index contributed by atoms with van der Waals surface area (Å²) in [5.41, 5.74) is 2.43. The van der Waals surface area contributed by atoms with Crippen molar-refractivity contribution in [3.05, 3.63) is 75.5 Å².